The van der Waals surface area contributed by atoms with E-state index in [9.17, 15) is 9.59 Å². The first-order chi connectivity index (χ1) is 14.5. The maximum absolute atomic E-state index is 13.3. The number of fused-ring (bicyclic) bond motifs is 1. The molecular weight excluding hydrogens is 402 g/mol. The highest BCUT2D eigenvalue weighted by atomic mass is 35.5. The Morgan fingerprint density at radius 2 is 2.03 bits per heavy atom. The third-order valence-corrected chi connectivity index (χ3v) is 5.92. The van der Waals surface area contributed by atoms with Crippen LogP contribution in [-0.4, -0.2) is 56.0 Å². The molecule has 7 heteroatoms. The Morgan fingerprint density at radius 1 is 1.23 bits per heavy atom. The van der Waals surface area contributed by atoms with E-state index in [2.05, 4.69) is 17.9 Å². The average molecular weight is 428 g/mol. The van der Waals surface area contributed by atoms with Gasteiger partial charge in [0, 0.05) is 31.6 Å². The number of benzene rings is 2. The van der Waals surface area contributed by atoms with Crippen molar-refractivity contribution in [1.29, 1.82) is 0 Å². The monoisotopic (exact) mass is 427 g/mol. The lowest BCUT2D eigenvalue weighted by Crippen LogP contribution is -2.47. The number of halogens is 1. The number of nitrogens with zero attached hydrogens (tertiary/aromatic N) is 3. The molecule has 4 rings (SSSR count). The summed E-state index contributed by atoms with van der Waals surface area (Å²) in [6.45, 7) is 4.74. The van der Waals surface area contributed by atoms with Crippen LogP contribution >= 0.6 is 11.6 Å². The summed E-state index contributed by atoms with van der Waals surface area (Å²) in [5.41, 5.74) is 2.16. The van der Waals surface area contributed by atoms with E-state index >= 15 is 0 Å². The van der Waals surface area contributed by atoms with Crippen LogP contribution in [0.2, 0.25) is 5.02 Å². The molecule has 0 spiro atoms. The van der Waals surface area contributed by atoms with Crippen molar-refractivity contribution in [3.63, 3.8) is 0 Å². The second kappa shape index (κ2) is 8.56. The molecule has 158 valence electrons. The fourth-order valence-corrected chi connectivity index (χ4v) is 4.35. The topological polar surface area (TPSA) is 53.1 Å². The van der Waals surface area contributed by atoms with Gasteiger partial charge in [0.15, 0.2) is 0 Å². The molecule has 0 aromatic heterocycles. The number of amides is 2. The third kappa shape index (κ3) is 3.97. The molecular formula is C23H26ClN3O3. The van der Waals surface area contributed by atoms with Gasteiger partial charge in [-0.15, -0.1) is 0 Å². The van der Waals surface area contributed by atoms with Crippen LogP contribution in [0.25, 0.3) is 0 Å². The lowest BCUT2D eigenvalue weighted by molar-refractivity contribution is -0.117. The lowest BCUT2D eigenvalue weighted by Gasteiger charge is -2.37. The molecule has 0 unspecified atom stereocenters. The van der Waals surface area contributed by atoms with Crippen LogP contribution < -0.4 is 14.5 Å². The van der Waals surface area contributed by atoms with Crippen molar-refractivity contribution < 1.29 is 14.3 Å². The summed E-state index contributed by atoms with van der Waals surface area (Å²) < 4.78 is 6.17. The largest absolute Gasteiger partial charge is 0.485 e. The number of carbonyl (C=O) groups excluding carboxylic acids is 2. The van der Waals surface area contributed by atoms with Gasteiger partial charge in [0.2, 0.25) is 5.91 Å². The fourth-order valence-electron chi connectivity index (χ4n) is 4.18. The number of ether oxygens (including phenoxy) is 1. The van der Waals surface area contributed by atoms with E-state index in [1.807, 2.05) is 18.2 Å². The smallest absolute Gasteiger partial charge is 0.255 e. The first-order valence-electron chi connectivity index (χ1n) is 10.3. The molecule has 2 aromatic rings. The molecule has 2 aromatic carbocycles. The van der Waals surface area contributed by atoms with Gasteiger partial charge in [0.05, 0.1) is 30.0 Å². The Hall–Kier alpha value is -2.73. The highest BCUT2D eigenvalue weighted by molar-refractivity contribution is 6.31. The summed E-state index contributed by atoms with van der Waals surface area (Å²) in [7, 11) is 1.77. The zero-order chi connectivity index (χ0) is 21.3. The molecule has 2 aliphatic heterocycles. The van der Waals surface area contributed by atoms with Crippen LogP contribution in [-0.2, 0) is 4.79 Å². The van der Waals surface area contributed by atoms with Crippen molar-refractivity contribution in [2.75, 3.05) is 43.0 Å². The second-order valence-electron chi connectivity index (χ2n) is 7.74. The van der Waals surface area contributed by atoms with Crippen LogP contribution in [0.1, 0.15) is 30.1 Å². The van der Waals surface area contributed by atoms with E-state index in [4.69, 9.17) is 16.3 Å². The number of likely N-dealkylation sites (N-methyl/N-ethyl adjacent to an activating group) is 2. The molecule has 30 heavy (non-hydrogen) atoms. The van der Waals surface area contributed by atoms with Crippen LogP contribution in [0.3, 0.4) is 0 Å². The van der Waals surface area contributed by atoms with Gasteiger partial charge in [0.25, 0.3) is 5.91 Å². The normalized spacial score (nSPS) is 18.2. The van der Waals surface area contributed by atoms with Gasteiger partial charge >= 0.3 is 0 Å². The molecule has 1 atom stereocenters. The standard InChI is InChI=1S/C23H26ClN3O3/c1-3-26-15-17(30-21-8-5-4-7-19(21)26)14-25(2)23(29)18-11-10-16(24)13-20(18)27-12-6-9-22(27)28/h4-5,7-8,10-11,13,17H,3,6,9,12,14-15H2,1-2H3/t17-/m0/s1. The van der Waals surface area contributed by atoms with Crippen molar-refractivity contribution in [2.24, 2.45) is 0 Å². The van der Waals surface area contributed by atoms with Crippen LogP contribution in [0.5, 0.6) is 5.75 Å². The van der Waals surface area contributed by atoms with Crippen molar-refractivity contribution >= 4 is 34.8 Å². The van der Waals surface area contributed by atoms with Gasteiger partial charge < -0.3 is 19.4 Å². The van der Waals surface area contributed by atoms with Crippen molar-refractivity contribution in [1.82, 2.24) is 4.90 Å². The van der Waals surface area contributed by atoms with Gasteiger partial charge in [-0.05, 0) is 43.7 Å². The first-order valence-corrected chi connectivity index (χ1v) is 10.7. The molecule has 2 amide bonds. The fraction of sp³-hybridized carbons (Fsp3) is 0.391. The number of hydrogen-bond donors (Lipinski definition) is 0. The number of para-hydroxylation sites is 2. The number of anilines is 2. The Balaban J connectivity index is 1.53. The molecule has 1 fully saturated rings. The molecule has 0 bridgehead atoms. The Morgan fingerprint density at radius 3 is 2.77 bits per heavy atom. The summed E-state index contributed by atoms with van der Waals surface area (Å²) in [6.07, 6.45) is 1.15. The molecule has 2 aliphatic rings. The Labute approximate surface area is 182 Å². The zero-order valence-electron chi connectivity index (χ0n) is 17.3. The predicted molar refractivity (Wildman–Crippen MR) is 119 cm³/mol. The van der Waals surface area contributed by atoms with Crippen LogP contribution in [0.15, 0.2) is 42.5 Å². The van der Waals surface area contributed by atoms with E-state index < -0.39 is 0 Å². The van der Waals surface area contributed by atoms with E-state index in [-0.39, 0.29) is 17.9 Å². The van der Waals surface area contributed by atoms with Gasteiger partial charge in [-0.1, -0.05) is 23.7 Å². The lowest BCUT2D eigenvalue weighted by atomic mass is 10.1. The quantitative estimate of drug-likeness (QED) is 0.727. The summed E-state index contributed by atoms with van der Waals surface area (Å²) in [6, 6.07) is 13.1. The summed E-state index contributed by atoms with van der Waals surface area (Å²) in [5, 5.41) is 0.509. The van der Waals surface area contributed by atoms with Crippen LogP contribution in [0, 0.1) is 0 Å². The third-order valence-electron chi connectivity index (χ3n) is 5.68. The van der Waals surface area contributed by atoms with Crippen molar-refractivity contribution in [2.45, 2.75) is 25.9 Å². The van der Waals surface area contributed by atoms with Crippen LogP contribution in [0.4, 0.5) is 11.4 Å². The minimum absolute atomic E-state index is 0.0276. The summed E-state index contributed by atoms with van der Waals surface area (Å²) in [5.74, 6) is 0.720. The van der Waals surface area contributed by atoms with Crippen molar-refractivity contribution in [3.8, 4) is 5.75 Å². The van der Waals surface area contributed by atoms with E-state index in [1.54, 1.807) is 35.0 Å². The second-order valence-corrected chi connectivity index (χ2v) is 8.18. The zero-order valence-corrected chi connectivity index (χ0v) is 18.1. The average Bonchev–Trinajstić information content (AvgIpc) is 3.18. The number of carbonyl (C=O) groups is 2. The Bertz CT molecular complexity index is 964. The van der Waals surface area contributed by atoms with Gasteiger partial charge in [-0.25, -0.2) is 0 Å². The maximum atomic E-state index is 13.3. The maximum Gasteiger partial charge on any atom is 0.255 e. The van der Waals surface area contributed by atoms with E-state index in [1.165, 1.54) is 0 Å². The van der Waals surface area contributed by atoms with Gasteiger partial charge in [0.1, 0.15) is 11.9 Å². The van der Waals surface area contributed by atoms with E-state index in [0.29, 0.717) is 42.3 Å². The van der Waals surface area contributed by atoms with Crippen molar-refractivity contribution in [3.05, 3.63) is 53.1 Å². The van der Waals surface area contributed by atoms with E-state index in [0.717, 1.165) is 24.4 Å². The highest BCUT2D eigenvalue weighted by Gasteiger charge is 2.30. The molecule has 0 radical (unpaired) electrons. The SMILES string of the molecule is CCN1C[C@H](CN(C)C(=O)c2ccc(Cl)cc2N2CCCC2=O)Oc2ccccc21. The van der Waals surface area contributed by atoms with Gasteiger partial charge in [-0.2, -0.15) is 0 Å². The highest BCUT2D eigenvalue weighted by Crippen LogP contribution is 2.33. The minimum atomic E-state index is -0.146. The molecule has 1 saturated heterocycles. The molecule has 0 aliphatic carbocycles. The minimum Gasteiger partial charge on any atom is -0.485 e. The molecule has 2 heterocycles. The van der Waals surface area contributed by atoms with Gasteiger partial charge in [-0.3, -0.25) is 9.59 Å². The Kier molecular flexibility index (Phi) is 5.86. The number of hydrogen-bond acceptors (Lipinski definition) is 4. The number of rotatable bonds is 5. The molecule has 6 nitrogen and oxygen atoms in total. The first kappa shape index (κ1) is 20.5. The molecule has 0 N–H and O–H groups in total. The summed E-state index contributed by atoms with van der Waals surface area (Å²) in [4.78, 5) is 31.1. The predicted octanol–water partition coefficient (Wildman–Crippen LogP) is 3.83. The molecule has 0 saturated carbocycles. The summed E-state index contributed by atoms with van der Waals surface area (Å²) >= 11 is 6.17.